The van der Waals surface area contributed by atoms with E-state index in [2.05, 4.69) is 10.2 Å². The van der Waals surface area contributed by atoms with Gasteiger partial charge in [-0.1, -0.05) is 12.1 Å². The van der Waals surface area contributed by atoms with Gasteiger partial charge in [0.15, 0.2) is 0 Å². The molecule has 1 unspecified atom stereocenters. The molecule has 0 bridgehead atoms. The Labute approximate surface area is 163 Å². The Morgan fingerprint density at radius 1 is 1.29 bits per heavy atom. The van der Waals surface area contributed by atoms with E-state index in [4.69, 9.17) is 10.5 Å². The predicted molar refractivity (Wildman–Crippen MR) is 105 cm³/mol. The van der Waals surface area contributed by atoms with Crippen LogP contribution < -0.4 is 15.8 Å². The Morgan fingerprint density at radius 3 is 2.82 bits per heavy atom. The average molecular weight is 385 g/mol. The van der Waals surface area contributed by atoms with Crippen molar-refractivity contribution < 1.29 is 18.7 Å². The maximum atomic E-state index is 13.4. The SMILES string of the molecule is COc1ccc(C(N)=O)cc1NC(=O)C1CCCN(Cc2cccc(F)c2)C1. The highest BCUT2D eigenvalue weighted by molar-refractivity contribution is 5.98. The van der Waals surface area contributed by atoms with Crippen LogP contribution in [0.15, 0.2) is 42.5 Å². The highest BCUT2D eigenvalue weighted by atomic mass is 19.1. The lowest BCUT2D eigenvalue weighted by molar-refractivity contribution is -0.121. The molecule has 0 aliphatic carbocycles. The summed E-state index contributed by atoms with van der Waals surface area (Å²) in [4.78, 5) is 26.4. The van der Waals surface area contributed by atoms with Crippen LogP contribution in [0.3, 0.4) is 0 Å². The van der Waals surface area contributed by atoms with Gasteiger partial charge in [-0.15, -0.1) is 0 Å². The zero-order valence-electron chi connectivity index (χ0n) is 15.8. The third-order valence-electron chi connectivity index (χ3n) is 4.91. The van der Waals surface area contributed by atoms with Crippen molar-refractivity contribution in [2.24, 2.45) is 11.7 Å². The molecule has 2 aromatic rings. The minimum Gasteiger partial charge on any atom is -0.495 e. The highest BCUT2D eigenvalue weighted by Gasteiger charge is 2.26. The first kappa shape index (κ1) is 19.8. The van der Waals surface area contributed by atoms with Gasteiger partial charge < -0.3 is 15.8 Å². The number of likely N-dealkylation sites (tertiary alicyclic amines) is 1. The van der Waals surface area contributed by atoms with Crippen LogP contribution in [0.25, 0.3) is 0 Å². The van der Waals surface area contributed by atoms with Crippen LogP contribution in [-0.4, -0.2) is 36.9 Å². The van der Waals surface area contributed by atoms with E-state index in [0.29, 0.717) is 30.1 Å². The fourth-order valence-corrected chi connectivity index (χ4v) is 3.50. The average Bonchev–Trinajstić information content (AvgIpc) is 2.68. The Hall–Kier alpha value is -2.93. The molecule has 1 atom stereocenters. The molecule has 0 spiro atoms. The number of benzene rings is 2. The molecule has 6 nitrogen and oxygen atoms in total. The fraction of sp³-hybridized carbons (Fsp3) is 0.333. The van der Waals surface area contributed by atoms with Gasteiger partial charge in [-0.3, -0.25) is 14.5 Å². The number of methoxy groups -OCH3 is 1. The van der Waals surface area contributed by atoms with E-state index in [0.717, 1.165) is 24.9 Å². The largest absolute Gasteiger partial charge is 0.495 e. The molecule has 1 aliphatic heterocycles. The second-order valence-corrected chi connectivity index (χ2v) is 6.97. The molecule has 3 N–H and O–H groups in total. The molecule has 7 heteroatoms. The molecular weight excluding hydrogens is 361 g/mol. The van der Waals surface area contributed by atoms with Crippen LogP contribution in [0.2, 0.25) is 0 Å². The zero-order valence-corrected chi connectivity index (χ0v) is 15.8. The molecule has 0 saturated carbocycles. The summed E-state index contributed by atoms with van der Waals surface area (Å²) in [7, 11) is 1.50. The van der Waals surface area contributed by atoms with E-state index in [1.165, 1.54) is 25.3 Å². The van der Waals surface area contributed by atoms with Crippen molar-refractivity contribution in [1.29, 1.82) is 0 Å². The van der Waals surface area contributed by atoms with Crippen LogP contribution in [0.4, 0.5) is 10.1 Å². The summed E-state index contributed by atoms with van der Waals surface area (Å²) >= 11 is 0. The number of nitrogens with two attached hydrogens (primary N) is 1. The minimum absolute atomic E-state index is 0.135. The summed E-state index contributed by atoms with van der Waals surface area (Å²) < 4.78 is 18.7. The molecule has 2 aromatic carbocycles. The van der Waals surface area contributed by atoms with Crippen LogP contribution >= 0.6 is 0 Å². The van der Waals surface area contributed by atoms with Crippen LogP contribution in [-0.2, 0) is 11.3 Å². The number of primary amides is 1. The Balaban J connectivity index is 1.67. The summed E-state index contributed by atoms with van der Waals surface area (Å²) in [6, 6.07) is 11.2. The van der Waals surface area contributed by atoms with Gasteiger partial charge >= 0.3 is 0 Å². The third kappa shape index (κ3) is 4.86. The van der Waals surface area contributed by atoms with Crippen LogP contribution in [0.5, 0.6) is 5.75 Å². The van der Waals surface area contributed by atoms with Gasteiger partial charge in [0.1, 0.15) is 11.6 Å². The van der Waals surface area contributed by atoms with Crippen LogP contribution in [0, 0.1) is 11.7 Å². The van der Waals surface area contributed by atoms with Crippen molar-refractivity contribution in [1.82, 2.24) is 4.90 Å². The van der Waals surface area contributed by atoms with Crippen molar-refractivity contribution in [2.45, 2.75) is 19.4 Å². The maximum absolute atomic E-state index is 13.4. The number of amides is 2. The highest BCUT2D eigenvalue weighted by Crippen LogP contribution is 2.27. The number of anilines is 1. The smallest absolute Gasteiger partial charge is 0.248 e. The summed E-state index contributed by atoms with van der Waals surface area (Å²) in [5.41, 5.74) is 6.93. The van der Waals surface area contributed by atoms with E-state index in [1.807, 2.05) is 6.07 Å². The van der Waals surface area contributed by atoms with Crippen molar-refractivity contribution in [3.05, 3.63) is 59.4 Å². The Bertz CT molecular complexity index is 872. The second-order valence-electron chi connectivity index (χ2n) is 6.97. The number of ether oxygens (including phenoxy) is 1. The first-order chi connectivity index (χ1) is 13.5. The summed E-state index contributed by atoms with van der Waals surface area (Å²) in [5, 5.41) is 2.86. The van der Waals surface area contributed by atoms with Gasteiger partial charge in [0.25, 0.3) is 0 Å². The lowest BCUT2D eigenvalue weighted by Crippen LogP contribution is -2.40. The van der Waals surface area contributed by atoms with Gasteiger partial charge in [0, 0.05) is 18.7 Å². The molecule has 0 aromatic heterocycles. The van der Waals surface area contributed by atoms with E-state index >= 15 is 0 Å². The summed E-state index contributed by atoms with van der Waals surface area (Å²) in [5.74, 6) is -0.707. The molecule has 148 valence electrons. The van der Waals surface area contributed by atoms with Gasteiger partial charge in [-0.25, -0.2) is 4.39 Å². The van der Waals surface area contributed by atoms with Crippen molar-refractivity contribution in [2.75, 3.05) is 25.5 Å². The number of rotatable bonds is 6. The normalized spacial score (nSPS) is 17.1. The molecule has 2 amide bonds. The molecule has 28 heavy (non-hydrogen) atoms. The quantitative estimate of drug-likeness (QED) is 0.801. The van der Waals surface area contributed by atoms with Gasteiger partial charge in [-0.2, -0.15) is 0 Å². The molecular formula is C21H24FN3O3. The lowest BCUT2D eigenvalue weighted by atomic mass is 9.96. The number of nitrogens with one attached hydrogen (secondary N) is 1. The number of piperidine rings is 1. The zero-order chi connectivity index (χ0) is 20.1. The fourth-order valence-electron chi connectivity index (χ4n) is 3.50. The van der Waals surface area contributed by atoms with Gasteiger partial charge in [0.05, 0.1) is 18.7 Å². The number of carbonyl (C=O) groups excluding carboxylic acids is 2. The molecule has 3 rings (SSSR count). The predicted octanol–water partition coefficient (Wildman–Crippen LogP) is 2.78. The Kier molecular flexibility index (Phi) is 6.26. The number of hydrogen-bond donors (Lipinski definition) is 2. The maximum Gasteiger partial charge on any atom is 0.248 e. The first-order valence-electron chi connectivity index (χ1n) is 9.22. The van der Waals surface area contributed by atoms with Gasteiger partial charge in [-0.05, 0) is 55.3 Å². The van der Waals surface area contributed by atoms with E-state index in [9.17, 15) is 14.0 Å². The molecule has 1 fully saturated rings. The first-order valence-corrected chi connectivity index (χ1v) is 9.22. The van der Waals surface area contributed by atoms with Crippen LogP contribution in [0.1, 0.15) is 28.8 Å². The van der Waals surface area contributed by atoms with E-state index in [1.54, 1.807) is 18.2 Å². The van der Waals surface area contributed by atoms with Gasteiger partial charge in [0.2, 0.25) is 11.8 Å². The number of carbonyl (C=O) groups is 2. The lowest BCUT2D eigenvalue weighted by Gasteiger charge is -2.32. The molecule has 1 aliphatic rings. The molecule has 0 radical (unpaired) electrons. The van der Waals surface area contributed by atoms with E-state index < -0.39 is 5.91 Å². The standard InChI is InChI=1S/C21H24FN3O3/c1-28-19-8-7-15(20(23)26)11-18(19)24-21(27)16-5-3-9-25(13-16)12-14-4-2-6-17(22)10-14/h2,4,6-8,10-11,16H,3,5,9,12-13H2,1H3,(H2,23,26)(H,24,27). The van der Waals surface area contributed by atoms with Crippen molar-refractivity contribution in [3.8, 4) is 5.75 Å². The topological polar surface area (TPSA) is 84.7 Å². The number of halogens is 1. The summed E-state index contributed by atoms with van der Waals surface area (Å²) in [6.07, 6.45) is 1.65. The Morgan fingerprint density at radius 2 is 2.11 bits per heavy atom. The third-order valence-corrected chi connectivity index (χ3v) is 4.91. The number of hydrogen-bond acceptors (Lipinski definition) is 4. The molecule has 1 heterocycles. The molecule has 1 saturated heterocycles. The van der Waals surface area contributed by atoms with E-state index in [-0.39, 0.29) is 17.6 Å². The minimum atomic E-state index is -0.572. The second kappa shape index (κ2) is 8.84. The van der Waals surface area contributed by atoms with Crippen molar-refractivity contribution >= 4 is 17.5 Å². The van der Waals surface area contributed by atoms with Crippen molar-refractivity contribution in [3.63, 3.8) is 0 Å². The monoisotopic (exact) mass is 385 g/mol. The summed E-state index contributed by atoms with van der Waals surface area (Å²) in [6.45, 7) is 2.04. The number of nitrogens with zero attached hydrogens (tertiary/aromatic N) is 1.